The third-order valence-corrected chi connectivity index (χ3v) is 1.92. The number of hydrogen-bond donors (Lipinski definition) is 2. The minimum atomic E-state index is -0.725. The molecule has 1 aromatic heterocycles. The molecule has 0 bridgehead atoms. The molecule has 0 aliphatic carbocycles. The highest BCUT2D eigenvalue weighted by Gasteiger charge is 2.16. The summed E-state index contributed by atoms with van der Waals surface area (Å²) in [6.45, 7) is 10.6. The maximum Gasteiger partial charge on any atom is 0.412 e. The molecule has 24 heavy (non-hydrogen) atoms. The molecule has 0 fully saturated rings. The van der Waals surface area contributed by atoms with Gasteiger partial charge in [0.2, 0.25) is 0 Å². The normalized spacial score (nSPS) is 10.5. The molecule has 1 rings (SSSR count). The van der Waals surface area contributed by atoms with E-state index in [4.69, 9.17) is 15.7 Å². The van der Waals surface area contributed by atoms with Gasteiger partial charge in [0.15, 0.2) is 0 Å². The Morgan fingerprint density at radius 1 is 1.12 bits per heavy atom. The van der Waals surface area contributed by atoms with E-state index in [9.17, 15) is 9.59 Å². The summed E-state index contributed by atoms with van der Waals surface area (Å²) < 4.78 is 9.63. The number of carbonyl (C=O) groups excluding carboxylic acids is 2. The Bertz CT molecular complexity index is 610. The lowest BCUT2D eigenvalue weighted by Crippen LogP contribution is -2.27. The number of rotatable bonds is 1. The summed E-state index contributed by atoms with van der Waals surface area (Å²) >= 11 is 0. The second-order valence-electron chi connectivity index (χ2n) is 6.73. The van der Waals surface area contributed by atoms with Crippen molar-refractivity contribution < 1.29 is 19.1 Å². The van der Waals surface area contributed by atoms with Crippen molar-refractivity contribution in [3.63, 3.8) is 0 Å². The number of ether oxygens (including phenoxy) is 2. The molecule has 8 nitrogen and oxygen atoms in total. The molecular weight excluding hydrogens is 312 g/mol. The summed E-state index contributed by atoms with van der Waals surface area (Å²) in [7, 11) is 0. The van der Waals surface area contributed by atoms with Crippen LogP contribution >= 0.6 is 0 Å². The van der Waals surface area contributed by atoms with Gasteiger partial charge in [-0.3, -0.25) is 10.3 Å². The molecular formula is C16H24N4O4. The van der Waals surface area contributed by atoms with Crippen molar-refractivity contribution >= 4 is 17.9 Å². The minimum absolute atomic E-state index is 0.383. The SMILES string of the molecule is CC(C)(C)OC(=O)Nc1cncc(C#N)c1.CC(C)(C)OC(N)=O. The summed E-state index contributed by atoms with van der Waals surface area (Å²) in [4.78, 5) is 25.2. The van der Waals surface area contributed by atoms with E-state index in [1.54, 1.807) is 41.5 Å². The Hall–Kier alpha value is -2.82. The molecule has 0 aromatic carbocycles. The largest absolute Gasteiger partial charge is 0.444 e. The predicted molar refractivity (Wildman–Crippen MR) is 89.2 cm³/mol. The van der Waals surface area contributed by atoms with Crippen LogP contribution in [-0.2, 0) is 9.47 Å². The second-order valence-corrected chi connectivity index (χ2v) is 6.73. The molecule has 0 saturated heterocycles. The third kappa shape index (κ3) is 11.8. The van der Waals surface area contributed by atoms with Crippen LogP contribution in [0.4, 0.5) is 15.3 Å². The van der Waals surface area contributed by atoms with Gasteiger partial charge in [-0.15, -0.1) is 0 Å². The van der Waals surface area contributed by atoms with Gasteiger partial charge in [-0.2, -0.15) is 5.26 Å². The number of carbonyl (C=O) groups is 2. The number of nitrogens with two attached hydrogens (primary N) is 1. The number of primary amides is 1. The molecule has 0 saturated carbocycles. The number of pyridine rings is 1. The molecule has 1 aromatic rings. The van der Waals surface area contributed by atoms with Crippen molar-refractivity contribution in [2.45, 2.75) is 52.7 Å². The van der Waals surface area contributed by atoms with Gasteiger partial charge in [-0.05, 0) is 47.6 Å². The number of hydrogen-bond acceptors (Lipinski definition) is 6. The Morgan fingerprint density at radius 2 is 1.67 bits per heavy atom. The van der Waals surface area contributed by atoms with E-state index in [1.165, 1.54) is 18.5 Å². The Kier molecular flexibility index (Phi) is 7.69. The first-order chi connectivity index (χ1) is 10.8. The summed E-state index contributed by atoms with van der Waals surface area (Å²) in [5.74, 6) is 0. The zero-order chi connectivity index (χ0) is 19.0. The number of nitrogens with one attached hydrogen (secondary N) is 1. The van der Waals surface area contributed by atoms with Gasteiger partial charge in [0.05, 0.1) is 17.4 Å². The van der Waals surface area contributed by atoms with Gasteiger partial charge < -0.3 is 15.2 Å². The van der Waals surface area contributed by atoms with Gasteiger partial charge in [-0.1, -0.05) is 0 Å². The second kappa shape index (κ2) is 8.72. The number of amides is 2. The average Bonchev–Trinajstić information content (AvgIpc) is 2.34. The van der Waals surface area contributed by atoms with E-state index in [2.05, 4.69) is 15.0 Å². The van der Waals surface area contributed by atoms with Crippen molar-refractivity contribution in [1.82, 2.24) is 4.98 Å². The Labute approximate surface area is 142 Å². The predicted octanol–water partition coefficient (Wildman–Crippen LogP) is 3.18. The molecule has 0 aliphatic rings. The molecule has 0 atom stereocenters. The molecule has 0 aliphatic heterocycles. The molecule has 0 spiro atoms. The monoisotopic (exact) mass is 336 g/mol. The van der Waals surface area contributed by atoms with Crippen molar-refractivity contribution in [2.24, 2.45) is 5.73 Å². The Morgan fingerprint density at radius 3 is 2.04 bits per heavy atom. The fraction of sp³-hybridized carbons (Fsp3) is 0.500. The van der Waals surface area contributed by atoms with Crippen LogP contribution in [0.3, 0.4) is 0 Å². The molecule has 0 radical (unpaired) electrons. The quantitative estimate of drug-likeness (QED) is 0.810. The van der Waals surface area contributed by atoms with E-state index in [1.807, 2.05) is 6.07 Å². The first-order valence-corrected chi connectivity index (χ1v) is 7.16. The van der Waals surface area contributed by atoms with Crippen molar-refractivity contribution in [1.29, 1.82) is 5.26 Å². The number of aromatic nitrogens is 1. The fourth-order valence-corrected chi connectivity index (χ4v) is 1.29. The number of nitriles is 1. The minimum Gasteiger partial charge on any atom is -0.444 e. The number of nitrogens with zero attached hydrogens (tertiary/aromatic N) is 2. The molecule has 3 N–H and O–H groups in total. The third-order valence-electron chi connectivity index (χ3n) is 1.92. The molecule has 1 heterocycles. The van der Waals surface area contributed by atoms with Crippen LogP contribution in [0.1, 0.15) is 47.1 Å². The fourth-order valence-electron chi connectivity index (χ4n) is 1.29. The van der Waals surface area contributed by atoms with Crippen LogP contribution in [0.5, 0.6) is 0 Å². The van der Waals surface area contributed by atoms with Crippen LogP contribution in [0.2, 0.25) is 0 Å². The first-order valence-electron chi connectivity index (χ1n) is 7.16. The van der Waals surface area contributed by atoms with E-state index >= 15 is 0 Å². The van der Waals surface area contributed by atoms with Crippen LogP contribution in [0.25, 0.3) is 0 Å². The van der Waals surface area contributed by atoms with Crippen LogP contribution in [0, 0.1) is 11.3 Å². The highest BCUT2D eigenvalue weighted by atomic mass is 16.6. The van der Waals surface area contributed by atoms with Gasteiger partial charge in [0.25, 0.3) is 0 Å². The molecule has 132 valence electrons. The van der Waals surface area contributed by atoms with Gasteiger partial charge in [0.1, 0.15) is 17.3 Å². The lowest BCUT2D eigenvalue weighted by molar-refractivity contribution is 0.0596. The zero-order valence-electron chi connectivity index (χ0n) is 14.8. The molecule has 8 heteroatoms. The lowest BCUT2D eigenvalue weighted by Gasteiger charge is -2.19. The smallest absolute Gasteiger partial charge is 0.412 e. The van der Waals surface area contributed by atoms with Crippen LogP contribution in [0.15, 0.2) is 18.5 Å². The van der Waals surface area contributed by atoms with E-state index in [0.29, 0.717) is 11.3 Å². The van der Waals surface area contributed by atoms with Crippen LogP contribution < -0.4 is 11.1 Å². The maximum atomic E-state index is 11.4. The van der Waals surface area contributed by atoms with E-state index < -0.39 is 23.4 Å². The highest BCUT2D eigenvalue weighted by Crippen LogP contribution is 2.11. The molecule has 0 unspecified atom stereocenters. The van der Waals surface area contributed by atoms with Crippen LogP contribution in [-0.4, -0.2) is 28.4 Å². The summed E-state index contributed by atoms with van der Waals surface area (Å²) in [6.07, 6.45) is 1.58. The highest BCUT2D eigenvalue weighted by molar-refractivity contribution is 5.84. The summed E-state index contributed by atoms with van der Waals surface area (Å²) in [5, 5.41) is 11.1. The van der Waals surface area contributed by atoms with Gasteiger partial charge in [0, 0.05) is 6.20 Å². The number of anilines is 1. The topological polar surface area (TPSA) is 127 Å². The average molecular weight is 336 g/mol. The van der Waals surface area contributed by atoms with Crippen molar-refractivity contribution in [3.8, 4) is 6.07 Å². The first kappa shape index (κ1) is 21.2. The Balaban J connectivity index is 0.000000561. The van der Waals surface area contributed by atoms with Gasteiger partial charge in [-0.25, -0.2) is 9.59 Å². The van der Waals surface area contributed by atoms with E-state index in [-0.39, 0.29) is 0 Å². The maximum absolute atomic E-state index is 11.4. The summed E-state index contributed by atoms with van der Waals surface area (Å²) in [6, 6.07) is 3.46. The van der Waals surface area contributed by atoms with E-state index in [0.717, 1.165) is 0 Å². The zero-order valence-corrected chi connectivity index (χ0v) is 14.8. The summed E-state index contributed by atoms with van der Waals surface area (Å²) in [5.41, 5.74) is 4.53. The van der Waals surface area contributed by atoms with Gasteiger partial charge >= 0.3 is 12.2 Å². The lowest BCUT2D eigenvalue weighted by atomic mass is 10.2. The standard InChI is InChI=1S/C11H13N3O2.C5H11NO2/c1-11(2,3)16-10(15)14-9-4-8(5-12)6-13-7-9;1-5(2,3)8-4(6)7/h4,6-7H,1-3H3,(H,14,15);1-3H3,(H2,6,7). The van der Waals surface area contributed by atoms with Crippen molar-refractivity contribution in [3.05, 3.63) is 24.0 Å². The van der Waals surface area contributed by atoms with Crippen molar-refractivity contribution in [2.75, 3.05) is 5.32 Å². The molecule has 2 amide bonds.